The summed E-state index contributed by atoms with van der Waals surface area (Å²) in [7, 11) is 2.00. The first-order valence-corrected chi connectivity index (χ1v) is 10.8. The fourth-order valence-electron chi connectivity index (χ4n) is 4.23. The van der Waals surface area contributed by atoms with Crippen molar-refractivity contribution in [3.63, 3.8) is 0 Å². The number of nitrogens with zero attached hydrogens (tertiary/aromatic N) is 6. The largest absolute Gasteiger partial charge is 0.368 e. The molecule has 0 atom stereocenters. The number of piperazine rings is 1. The van der Waals surface area contributed by atoms with E-state index in [2.05, 4.69) is 56.5 Å². The molecule has 29 heavy (non-hydrogen) atoms. The molecule has 2 heterocycles. The molecule has 1 aliphatic heterocycles. The maximum atomic E-state index is 4.96. The summed E-state index contributed by atoms with van der Waals surface area (Å²) in [6.07, 6.45) is 5.11. The van der Waals surface area contributed by atoms with E-state index in [9.17, 15) is 0 Å². The van der Waals surface area contributed by atoms with Crippen LogP contribution in [0.15, 0.2) is 29.3 Å². The standard InChI is InChI=1S/C22H33N7/c1-17-7-6-10-20(15-17)28-11-13-29(14-12-28)22(24-19-8-4-5-9-19)23-16-21-26-25-18(2)27(21)3/h6-7,10,15,19H,4-5,8-9,11-14,16H2,1-3H3,(H,23,24). The van der Waals surface area contributed by atoms with Crippen LogP contribution in [0.4, 0.5) is 5.69 Å². The second kappa shape index (κ2) is 8.84. The molecule has 1 saturated heterocycles. The van der Waals surface area contributed by atoms with Gasteiger partial charge in [-0.2, -0.15) is 0 Å². The molecule has 0 amide bonds. The summed E-state index contributed by atoms with van der Waals surface area (Å²) in [5.74, 6) is 2.86. The molecule has 0 unspecified atom stereocenters. The van der Waals surface area contributed by atoms with E-state index >= 15 is 0 Å². The number of anilines is 1. The van der Waals surface area contributed by atoms with Crippen molar-refractivity contribution >= 4 is 11.6 Å². The molecule has 2 fully saturated rings. The number of aromatic nitrogens is 3. The number of aryl methyl sites for hydroxylation is 2. The highest BCUT2D eigenvalue weighted by atomic mass is 15.4. The highest BCUT2D eigenvalue weighted by Gasteiger charge is 2.23. The zero-order chi connectivity index (χ0) is 20.2. The zero-order valence-electron chi connectivity index (χ0n) is 17.9. The maximum absolute atomic E-state index is 4.96. The Hall–Kier alpha value is -2.57. The summed E-state index contributed by atoms with van der Waals surface area (Å²) >= 11 is 0. The molecule has 1 N–H and O–H groups in total. The third-order valence-electron chi connectivity index (χ3n) is 6.19. The Kier molecular flexibility index (Phi) is 6.02. The van der Waals surface area contributed by atoms with Gasteiger partial charge in [-0.15, -0.1) is 10.2 Å². The molecule has 0 bridgehead atoms. The number of hydrogen-bond acceptors (Lipinski definition) is 4. The van der Waals surface area contributed by atoms with E-state index in [-0.39, 0.29) is 0 Å². The highest BCUT2D eigenvalue weighted by Crippen LogP contribution is 2.20. The minimum atomic E-state index is 0.546. The predicted octanol–water partition coefficient (Wildman–Crippen LogP) is 2.64. The number of rotatable bonds is 4. The van der Waals surface area contributed by atoms with E-state index in [0.717, 1.165) is 43.8 Å². The van der Waals surface area contributed by atoms with Gasteiger partial charge in [0.1, 0.15) is 12.4 Å². The Morgan fingerprint density at radius 1 is 1.10 bits per heavy atom. The first kappa shape index (κ1) is 19.7. The average Bonchev–Trinajstić information content (AvgIpc) is 3.36. The van der Waals surface area contributed by atoms with Crippen molar-refractivity contribution in [2.24, 2.45) is 12.0 Å². The molecular formula is C22H33N7. The molecule has 0 spiro atoms. The zero-order valence-corrected chi connectivity index (χ0v) is 17.9. The van der Waals surface area contributed by atoms with Crippen LogP contribution in [0.2, 0.25) is 0 Å². The second-order valence-electron chi connectivity index (χ2n) is 8.30. The molecule has 1 saturated carbocycles. The fraction of sp³-hybridized carbons (Fsp3) is 0.591. The van der Waals surface area contributed by atoms with E-state index in [1.807, 2.05) is 18.5 Å². The minimum absolute atomic E-state index is 0.546. The summed E-state index contributed by atoms with van der Waals surface area (Å²) in [4.78, 5) is 9.84. The van der Waals surface area contributed by atoms with Crippen LogP contribution in [0.5, 0.6) is 0 Å². The van der Waals surface area contributed by atoms with Gasteiger partial charge in [0.15, 0.2) is 11.8 Å². The number of benzene rings is 1. The van der Waals surface area contributed by atoms with Crippen molar-refractivity contribution in [2.75, 3.05) is 31.1 Å². The van der Waals surface area contributed by atoms with Gasteiger partial charge in [0.2, 0.25) is 0 Å². The lowest BCUT2D eigenvalue weighted by molar-refractivity contribution is 0.365. The lowest BCUT2D eigenvalue weighted by atomic mass is 10.2. The molecule has 4 rings (SSSR count). The van der Waals surface area contributed by atoms with E-state index in [1.54, 1.807) is 0 Å². The Bertz CT molecular complexity index is 843. The summed E-state index contributed by atoms with van der Waals surface area (Å²) in [5, 5.41) is 12.2. The highest BCUT2D eigenvalue weighted by molar-refractivity contribution is 5.80. The van der Waals surface area contributed by atoms with Crippen LogP contribution in [0, 0.1) is 13.8 Å². The summed E-state index contributed by atoms with van der Waals surface area (Å²) in [5.41, 5.74) is 2.63. The van der Waals surface area contributed by atoms with Crippen LogP contribution in [-0.4, -0.2) is 57.8 Å². The summed E-state index contributed by atoms with van der Waals surface area (Å²) < 4.78 is 2.02. The lowest BCUT2D eigenvalue weighted by Gasteiger charge is -2.38. The molecule has 1 aromatic carbocycles. The van der Waals surface area contributed by atoms with Crippen LogP contribution >= 0.6 is 0 Å². The van der Waals surface area contributed by atoms with Crippen molar-refractivity contribution in [1.82, 2.24) is 25.0 Å². The van der Waals surface area contributed by atoms with E-state index in [1.165, 1.54) is 36.9 Å². The Morgan fingerprint density at radius 2 is 1.86 bits per heavy atom. The lowest BCUT2D eigenvalue weighted by Crippen LogP contribution is -2.54. The molecular weight excluding hydrogens is 362 g/mol. The summed E-state index contributed by atoms with van der Waals surface area (Å²) in [6.45, 7) is 8.67. The molecule has 0 radical (unpaired) electrons. The number of guanidine groups is 1. The van der Waals surface area contributed by atoms with Crippen LogP contribution in [-0.2, 0) is 13.6 Å². The number of hydrogen-bond donors (Lipinski definition) is 1. The predicted molar refractivity (Wildman–Crippen MR) is 117 cm³/mol. The van der Waals surface area contributed by atoms with Crippen molar-refractivity contribution < 1.29 is 0 Å². The molecule has 1 aliphatic carbocycles. The SMILES string of the molecule is Cc1cccc(N2CCN(C(=NCc3nnc(C)n3C)NC3CCCC3)CC2)c1. The topological polar surface area (TPSA) is 61.6 Å². The van der Waals surface area contributed by atoms with Gasteiger partial charge in [-0.25, -0.2) is 4.99 Å². The molecule has 7 nitrogen and oxygen atoms in total. The van der Waals surface area contributed by atoms with Gasteiger partial charge >= 0.3 is 0 Å². The third kappa shape index (κ3) is 4.71. The van der Waals surface area contributed by atoms with Crippen LogP contribution < -0.4 is 10.2 Å². The maximum Gasteiger partial charge on any atom is 0.194 e. The molecule has 1 aromatic heterocycles. The van der Waals surface area contributed by atoms with Gasteiger partial charge in [0, 0.05) is 45.0 Å². The van der Waals surface area contributed by atoms with Crippen molar-refractivity contribution in [2.45, 2.75) is 52.1 Å². The van der Waals surface area contributed by atoms with Gasteiger partial charge < -0.3 is 19.7 Å². The van der Waals surface area contributed by atoms with Crippen LogP contribution in [0.3, 0.4) is 0 Å². The summed E-state index contributed by atoms with van der Waals surface area (Å²) in [6, 6.07) is 9.34. The quantitative estimate of drug-likeness (QED) is 0.637. The van der Waals surface area contributed by atoms with Crippen molar-refractivity contribution in [3.8, 4) is 0 Å². The number of nitrogens with one attached hydrogen (secondary N) is 1. The van der Waals surface area contributed by atoms with Gasteiger partial charge in [-0.3, -0.25) is 0 Å². The Labute approximate surface area is 173 Å². The van der Waals surface area contributed by atoms with Gasteiger partial charge in [-0.05, 0) is 44.4 Å². The van der Waals surface area contributed by atoms with E-state index < -0.39 is 0 Å². The van der Waals surface area contributed by atoms with Gasteiger partial charge in [-0.1, -0.05) is 25.0 Å². The normalized spacial score (nSPS) is 18.5. The first-order chi connectivity index (χ1) is 14.1. The van der Waals surface area contributed by atoms with Gasteiger partial charge in [0.05, 0.1) is 0 Å². The van der Waals surface area contributed by atoms with Crippen molar-refractivity contribution in [3.05, 3.63) is 41.5 Å². The smallest absolute Gasteiger partial charge is 0.194 e. The van der Waals surface area contributed by atoms with E-state index in [0.29, 0.717) is 12.6 Å². The van der Waals surface area contributed by atoms with Crippen LogP contribution in [0.1, 0.15) is 42.9 Å². The second-order valence-corrected chi connectivity index (χ2v) is 8.30. The average molecular weight is 396 g/mol. The third-order valence-corrected chi connectivity index (χ3v) is 6.19. The number of aliphatic imine (C=N–C) groups is 1. The minimum Gasteiger partial charge on any atom is -0.368 e. The molecule has 2 aliphatic rings. The molecule has 7 heteroatoms. The van der Waals surface area contributed by atoms with E-state index in [4.69, 9.17) is 4.99 Å². The first-order valence-electron chi connectivity index (χ1n) is 10.8. The molecule has 2 aromatic rings. The monoisotopic (exact) mass is 395 g/mol. The van der Waals surface area contributed by atoms with Gasteiger partial charge in [0.25, 0.3) is 0 Å². The molecule has 156 valence electrons. The van der Waals surface area contributed by atoms with Crippen molar-refractivity contribution in [1.29, 1.82) is 0 Å². The Morgan fingerprint density at radius 3 is 2.52 bits per heavy atom. The van der Waals surface area contributed by atoms with Crippen LogP contribution in [0.25, 0.3) is 0 Å². The fourth-order valence-corrected chi connectivity index (χ4v) is 4.23. The Balaban J connectivity index is 1.44.